The highest BCUT2D eigenvalue weighted by Crippen LogP contribution is 2.34. The van der Waals surface area contributed by atoms with Gasteiger partial charge >= 0.3 is 0 Å². The number of hydrogen-bond acceptors (Lipinski definition) is 6. The van der Waals surface area contributed by atoms with E-state index in [2.05, 4.69) is 20.3 Å². The highest BCUT2D eigenvalue weighted by Gasteiger charge is 2.35. The maximum absolute atomic E-state index is 13.3. The smallest absolute Gasteiger partial charge is 0.231 e. The standard InChI is InChI=1S/C23H21FN6O/c1-23(26)17-8-7-15(10-13(17)4-9-18(23)31)28-22-29-20(25)19-16(11-27-21(19)30-22)12-2-5-14(24)6-3-12/h2-3,5-8,10-11H,4,9,26H2,1H3,(H4,25,27,28,29,30). The average Bonchev–Trinajstić information content (AvgIpc) is 3.16. The number of carbonyl (C=O) groups excluding carboxylic acids is 1. The lowest BCUT2D eigenvalue weighted by atomic mass is 9.77. The van der Waals surface area contributed by atoms with Crippen LogP contribution in [0.5, 0.6) is 0 Å². The maximum atomic E-state index is 13.3. The predicted molar refractivity (Wildman–Crippen MR) is 118 cm³/mol. The zero-order chi connectivity index (χ0) is 21.8. The van der Waals surface area contributed by atoms with E-state index in [4.69, 9.17) is 11.5 Å². The first kappa shape index (κ1) is 19.2. The normalized spacial score (nSPS) is 18.2. The molecule has 8 heteroatoms. The largest absolute Gasteiger partial charge is 0.383 e. The summed E-state index contributed by atoms with van der Waals surface area (Å²) in [6.45, 7) is 1.75. The van der Waals surface area contributed by atoms with Crippen molar-refractivity contribution >= 4 is 34.3 Å². The van der Waals surface area contributed by atoms with Gasteiger partial charge in [-0.15, -0.1) is 0 Å². The molecule has 31 heavy (non-hydrogen) atoms. The lowest BCUT2D eigenvalue weighted by molar-refractivity contribution is -0.124. The summed E-state index contributed by atoms with van der Waals surface area (Å²) in [6.07, 6.45) is 2.86. The minimum Gasteiger partial charge on any atom is -0.383 e. The fourth-order valence-corrected chi connectivity index (χ4v) is 4.15. The number of H-pyrrole nitrogens is 1. The van der Waals surface area contributed by atoms with Crippen molar-refractivity contribution in [1.29, 1.82) is 0 Å². The quantitative estimate of drug-likeness (QED) is 0.403. The van der Waals surface area contributed by atoms with E-state index in [1.54, 1.807) is 25.3 Å². The number of aromatic nitrogens is 3. The second kappa shape index (κ2) is 6.88. The monoisotopic (exact) mass is 416 g/mol. The zero-order valence-electron chi connectivity index (χ0n) is 16.9. The van der Waals surface area contributed by atoms with Gasteiger partial charge in [-0.05, 0) is 54.3 Å². The molecular weight excluding hydrogens is 395 g/mol. The van der Waals surface area contributed by atoms with Crippen LogP contribution in [0.3, 0.4) is 0 Å². The number of aromatic amines is 1. The van der Waals surface area contributed by atoms with E-state index < -0.39 is 5.54 Å². The Labute approximate surface area is 177 Å². The van der Waals surface area contributed by atoms with Crippen LogP contribution >= 0.6 is 0 Å². The van der Waals surface area contributed by atoms with E-state index in [0.717, 1.165) is 27.9 Å². The summed E-state index contributed by atoms with van der Waals surface area (Å²) in [5, 5.41) is 3.87. The van der Waals surface area contributed by atoms with E-state index in [9.17, 15) is 9.18 Å². The fraction of sp³-hybridized carbons (Fsp3) is 0.174. The molecule has 6 N–H and O–H groups in total. The number of Topliss-reactive ketones (excluding diaryl/α,β-unsaturated/α-hetero) is 1. The van der Waals surface area contributed by atoms with Gasteiger partial charge < -0.3 is 21.8 Å². The number of halogens is 1. The molecule has 0 bridgehead atoms. The Kier molecular flexibility index (Phi) is 4.26. The van der Waals surface area contributed by atoms with Crippen molar-refractivity contribution in [3.8, 4) is 11.1 Å². The molecule has 0 saturated carbocycles. The molecule has 0 spiro atoms. The molecule has 7 nitrogen and oxygen atoms in total. The summed E-state index contributed by atoms with van der Waals surface area (Å²) < 4.78 is 13.3. The van der Waals surface area contributed by atoms with Crippen molar-refractivity contribution < 1.29 is 9.18 Å². The molecular formula is C23H21FN6O. The third kappa shape index (κ3) is 3.21. The molecule has 1 atom stereocenters. The Balaban J connectivity index is 1.48. The molecule has 1 aliphatic carbocycles. The van der Waals surface area contributed by atoms with Gasteiger partial charge in [-0.3, -0.25) is 4.79 Å². The molecule has 2 aromatic carbocycles. The van der Waals surface area contributed by atoms with Gasteiger partial charge in [0.15, 0.2) is 5.78 Å². The van der Waals surface area contributed by atoms with Crippen molar-refractivity contribution in [3.63, 3.8) is 0 Å². The van der Waals surface area contributed by atoms with E-state index in [-0.39, 0.29) is 11.6 Å². The Bertz CT molecular complexity index is 1330. The first-order valence-electron chi connectivity index (χ1n) is 9.96. The van der Waals surface area contributed by atoms with Crippen LogP contribution in [0.15, 0.2) is 48.7 Å². The molecule has 156 valence electrons. The van der Waals surface area contributed by atoms with Gasteiger partial charge in [0, 0.05) is 23.9 Å². The van der Waals surface area contributed by atoms with E-state index >= 15 is 0 Å². The van der Waals surface area contributed by atoms with Crippen LogP contribution in [-0.2, 0) is 16.8 Å². The van der Waals surface area contributed by atoms with Crippen molar-refractivity contribution in [1.82, 2.24) is 15.0 Å². The zero-order valence-corrected chi connectivity index (χ0v) is 16.9. The minimum absolute atomic E-state index is 0.0472. The number of rotatable bonds is 3. The number of nitrogens with one attached hydrogen (secondary N) is 2. The first-order valence-corrected chi connectivity index (χ1v) is 9.96. The fourth-order valence-electron chi connectivity index (χ4n) is 4.15. The summed E-state index contributed by atoms with van der Waals surface area (Å²) in [5.41, 5.74) is 16.4. The predicted octanol–water partition coefficient (Wildman–Crippen LogP) is 3.78. The van der Waals surface area contributed by atoms with Gasteiger partial charge in [0.25, 0.3) is 0 Å². The van der Waals surface area contributed by atoms with Crippen LogP contribution in [0.1, 0.15) is 24.5 Å². The number of fused-ring (bicyclic) bond motifs is 2. The molecule has 5 rings (SSSR count). The minimum atomic E-state index is -0.965. The van der Waals surface area contributed by atoms with Crippen LogP contribution in [-0.4, -0.2) is 20.7 Å². The molecule has 2 aromatic heterocycles. The molecule has 0 fully saturated rings. The van der Waals surface area contributed by atoms with Crippen molar-refractivity contribution in [2.24, 2.45) is 5.73 Å². The summed E-state index contributed by atoms with van der Waals surface area (Å²) in [5.74, 6) is 0.403. The highest BCUT2D eigenvalue weighted by molar-refractivity contribution is 6.00. The Morgan fingerprint density at radius 2 is 1.90 bits per heavy atom. The summed E-state index contributed by atoms with van der Waals surface area (Å²) in [6, 6.07) is 11.9. The van der Waals surface area contributed by atoms with Gasteiger partial charge in [0.2, 0.25) is 5.95 Å². The van der Waals surface area contributed by atoms with Crippen LogP contribution in [0, 0.1) is 5.82 Å². The van der Waals surface area contributed by atoms with E-state index in [0.29, 0.717) is 35.6 Å². The number of carbonyl (C=O) groups is 1. The SMILES string of the molecule is CC1(N)C(=O)CCc2cc(Nc3nc(N)c4c(-c5ccc(F)cc5)c[nH]c4n3)ccc21. The van der Waals surface area contributed by atoms with Gasteiger partial charge in [-0.2, -0.15) is 9.97 Å². The van der Waals surface area contributed by atoms with Crippen LogP contribution < -0.4 is 16.8 Å². The molecule has 0 saturated heterocycles. The first-order chi connectivity index (χ1) is 14.8. The highest BCUT2D eigenvalue weighted by atomic mass is 19.1. The molecule has 0 radical (unpaired) electrons. The Morgan fingerprint density at radius 1 is 1.13 bits per heavy atom. The van der Waals surface area contributed by atoms with Crippen LogP contribution in [0.25, 0.3) is 22.2 Å². The van der Waals surface area contributed by atoms with Crippen LogP contribution in [0.2, 0.25) is 0 Å². The number of benzene rings is 2. The number of nitrogens with two attached hydrogens (primary N) is 2. The van der Waals surface area contributed by atoms with Gasteiger partial charge in [0.1, 0.15) is 17.3 Å². The van der Waals surface area contributed by atoms with E-state index in [1.807, 2.05) is 18.2 Å². The molecule has 4 aromatic rings. The molecule has 1 aliphatic rings. The van der Waals surface area contributed by atoms with Gasteiger partial charge in [0.05, 0.1) is 10.9 Å². The molecule has 0 amide bonds. The number of aryl methyl sites for hydroxylation is 1. The number of hydrogen-bond donors (Lipinski definition) is 4. The second-order valence-electron chi connectivity index (χ2n) is 7.99. The number of nitrogens with zero attached hydrogens (tertiary/aromatic N) is 2. The summed E-state index contributed by atoms with van der Waals surface area (Å²) in [4.78, 5) is 24.2. The molecule has 2 heterocycles. The Morgan fingerprint density at radius 3 is 2.68 bits per heavy atom. The van der Waals surface area contributed by atoms with Crippen molar-refractivity contribution in [2.45, 2.75) is 25.3 Å². The number of anilines is 3. The Hall–Kier alpha value is -3.78. The second-order valence-corrected chi connectivity index (χ2v) is 7.99. The van der Waals surface area contributed by atoms with Crippen LogP contribution in [0.4, 0.5) is 21.8 Å². The average molecular weight is 416 g/mol. The third-order valence-electron chi connectivity index (χ3n) is 5.84. The molecule has 1 unspecified atom stereocenters. The number of ketones is 1. The number of nitrogen functional groups attached to an aromatic ring is 1. The lowest BCUT2D eigenvalue weighted by Gasteiger charge is -2.31. The van der Waals surface area contributed by atoms with E-state index in [1.165, 1.54) is 12.1 Å². The van der Waals surface area contributed by atoms with Crippen molar-refractivity contribution in [3.05, 3.63) is 65.6 Å². The third-order valence-corrected chi connectivity index (χ3v) is 5.84. The van der Waals surface area contributed by atoms with Gasteiger partial charge in [-0.1, -0.05) is 18.2 Å². The summed E-state index contributed by atoms with van der Waals surface area (Å²) in [7, 11) is 0. The lowest BCUT2D eigenvalue weighted by Crippen LogP contribution is -2.45. The summed E-state index contributed by atoms with van der Waals surface area (Å²) >= 11 is 0. The van der Waals surface area contributed by atoms with Gasteiger partial charge in [-0.25, -0.2) is 4.39 Å². The maximum Gasteiger partial charge on any atom is 0.231 e. The topological polar surface area (TPSA) is 123 Å². The molecule has 0 aliphatic heterocycles. The van der Waals surface area contributed by atoms with Crippen molar-refractivity contribution in [2.75, 3.05) is 11.1 Å².